The first-order chi connectivity index (χ1) is 9.80. The highest BCUT2D eigenvalue weighted by molar-refractivity contribution is 5.24. The summed E-state index contributed by atoms with van der Waals surface area (Å²) >= 11 is 0. The van der Waals surface area contributed by atoms with Crippen LogP contribution in [0.1, 0.15) is 17.4 Å². The normalized spacial score (nSPS) is 13.4. The Kier molecular flexibility index (Phi) is 4.26. The number of alkyl halides is 3. The van der Waals surface area contributed by atoms with Crippen molar-refractivity contribution in [3.05, 3.63) is 53.6 Å². The van der Waals surface area contributed by atoms with Crippen molar-refractivity contribution >= 4 is 0 Å². The minimum atomic E-state index is -4.84. The van der Waals surface area contributed by atoms with E-state index in [0.717, 1.165) is 18.2 Å². The first kappa shape index (κ1) is 15.4. The molecule has 3 nitrogen and oxygen atoms in total. The molecule has 0 aliphatic carbocycles. The first-order valence-corrected chi connectivity index (χ1v) is 6.01. The Bertz CT molecular complexity index is 600. The summed E-state index contributed by atoms with van der Waals surface area (Å²) in [5.74, 6) is -2.17. The van der Waals surface area contributed by atoms with Crippen LogP contribution < -0.4 is 5.32 Å². The molecule has 0 spiro atoms. The molecule has 1 heterocycles. The summed E-state index contributed by atoms with van der Waals surface area (Å²) in [5.41, 5.74) is -1.04. The SMILES string of the molecule is Cn1ccnc1CN[C@@H](c1c(F)cccc1F)C(F)(F)F. The van der Waals surface area contributed by atoms with E-state index >= 15 is 0 Å². The lowest BCUT2D eigenvalue weighted by molar-refractivity contribution is -0.159. The summed E-state index contributed by atoms with van der Waals surface area (Å²) in [6.45, 7) is -0.276. The Morgan fingerprint density at radius 2 is 1.86 bits per heavy atom. The topological polar surface area (TPSA) is 29.9 Å². The van der Waals surface area contributed by atoms with E-state index in [-0.39, 0.29) is 6.54 Å². The molecule has 1 aromatic carbocycles. The maximum Gasteiger partial charge on any atom is 0.408 e. The summed E-state index contributed by atoms with van der Waals surface area (Å²) in [7, 11) is 1.61. The van der Waals surface area contributed by atoms with Crippen LogP contribution in [0.5, 0.6) is 0 Å². The van der Waals surface area contributed by atoms with Crippen molar-refractivity contribution in [2.24, 2.45) is 7.05 Å². The molecule has 0 bridgehead atoms. The van der Waals surface area contributed by atoms with Crippen LogP contribution in [-0.4, -0.2) is 15.7 Å². The maximum absolute atomic E-state index is 13.6. The molecule has 0 saturated carbocycles. The molecule has 0 radical (unpaired) electrons. The highest BCUT2D eigenvalue weighted by Gasteiger charge is 2.43. The van der Waals surface area contributed by atoms with Crippen LogP contribution in [0.2, 0.25) is 0 Å². The zero-order valence-corrected chi connectivity index (χ0v) is 11.0. The fourth-order valence-corrected chi connectivity index (χ4v) is 1.93. The fraction of sp³-hybridized carbons (Fsp3) is 0.308. The van der Waals surface area contributed by atoms with E-state index < -0.39 is 29.4 Å². The largest absolute Gasteiger partial charge is 0.408 e. The molecular weight excluding hydrogens is 293 g/mol. The van der Waals surface area contributed by atoms with Gasteiger partial charge in [0.2, 0.25) is 0 Å². The number of hydrogen-bond donors (Lipinski definition) is 1. The molecule has 0 aliphatic heterocycles. The van der Waals surface area contributed by atoms with Crippen LogP contribution in [0.15, 0.2) is 30.6 Å². The monoisotopic (exact) mass is 305 g/mol. The van der Waals surface area contributed by atoms with Gasteiger partial charge in [0.1, 0.15) is 23.5 Å². The average Bonchev–Trinajstić information content (AvgIpc) is 2.77. The zero-order chi connectivity index (χ0) is 15.6. The molecule has 1 N–H and O–H groups in total. The first-order valence-electron chi connectivity index (χ1n) is 6.01. The summed E-state index contributed by atoms with van der Waals surface area (Å²) in [6, 6.07) is 0.148. The van der Waals surface area contributed by atoms with Gasteiger partial charge in [-0.1, -0.05) is 6.07 Å². The molecule has 0 fully saturated rings. The van der Waals surface area contributed by atoms with Crippen LogP contribution >= 0.6 is 0 Å². The number of hydrogen-bond acceptors (Lipinski definition) is 2. The molecule has 1 atom stereocenters. The molecule has 0 amide bonds. The summed E-state index contributed by atoms with van der Waals surface area (Å²) in [5, 5.41) is 2.11. The number of halogens is 5. The second-order valence-corrected chi connectivity index (χ2v) is 4.45. The van der Waals surface area contributed by atoms with Crippen molar-refractivity contribution < 1.29 is 22.0 Å². The molecule has 0 aliphatic rings. The van der Waals surface area contributed by atoms with Crippen molar-refractivity contribution in [3.63, 3.8) is 0 Å². The Balaban J connectivity index is 2.30. The van der Waals surface area contributed by atoms with Gasteiger partial charge in [-0.15, -0.1) is 0 Å². The Morgan fingerprint density at radius 1 is 1.24 bits per heavy atom. The molecule has 0 saturated heterocycles. The highest BCUT2D eigenvalue weighted by atomic mass is 19.4. The van der Waals surface area contributed by atoms with E-state index in [1.165, 1.54) is 10.8 Å². The van der Waals surface area contributed by atoms with E-state index in [4.69, 9.17) is 0 Å². The second kappa shape index (κ2) is 5.80. The Hall–Kier alpha value is -1.96. The number of aryl methyl sites for hydroxylation is 1. The van der Waals surface area contributed by atoms with Crippen molar-refractivity contribution in [2.75, 3.05) is 0 Å². The minimum absolute atomic E-state index is 0.276. The van der Waals surface area contributed by atoms with Crippen LogP contribution in [0, 0.1) is 11.6 Å². The molecule has 8 heteroatoms. The third kappa shape index (κ3) is 3.38. The predicted octanol–water partition coefficient (Wildman–Crippen LogP) is 3.09. The smallest absolute Gasteiger partial charge is 0.337 e. The molecule has 114 valence electrons. The second-order valence-electron chi connectivity index (χ2n) is 4.45. The van der Waals surface area contributed by atoms with E-state index in [9.17, 15) is 22.0 Å². The maximum atomic E-state index is 13.6. The number of aromatic nitrogens is 2. The lowest BCUT2D eigenvalue weighted by atomic mass is 10.0. The van der Waals surface area contributed by atoms with Crippen LogP contribution in [0.3, 0.4) is 0 Å². The van der Waals surface area contributed by atoms with Crippen LogP contribution in [-0.2, 0) is 13.6 Å². The van der Waals surface area contributed by atoms with E-state index in [0.29, 0.717) is 5.82 Å². The van der Waals surface area contributed by atoms with Crippen molar-refractivity contribution in [3.8, 4) is 0 Å². The van der Waals surface area contributed by atoms with Gasteiger partial charge in [-0.05, 0) is 12.1 Å². The highest BCUT2D eigenvalue weighted by Crippen LogP contribution is 2.35. The average molecular weight is 305 g/mol. The summed E-state index contributed by atoms with van der Waals surface area (Å²) in [6.07, 6.45) is -1.86. The molecule has 2 aromatic rings. The quantitative estimate of drug-likeness (QED) is 0.880. The van der Waals surface area contributed by atoms with Crippen molar-refractivity contribution in [1.82, 2.24) is 14.9 Å². The van der Waals surface area contributed by atoms with Gasteiger partial charge in [0.15, 0.2) is 0 Å². The summed E-state index contributed by atoms with van der Waals surface area (Å²) < 4.78 is 67.9. The van der Waals surface area contributed by atoms with Gasteiger partial charge < -0.3 is 4.57 Å². The van der Waals surface area contributed by atoms with E-state index in [1.807, 2.05) is 0 Å². The van der Waals surface area contributed by atoms with Gasteiger partial charge in [0.05, 0.1) is 6.54 Å². The van der Waals surface area contributed by atoms with Gasteiger partial charge in [0.25, 0.3) is 0 Å². The molecular formula is C13H12F5N3. The lowest BCUT2D eigenvalue weighted by Gasteiger charge is -2.22. The van der Waals surface area contributed by atoms with E-state index in [1.54, 1.807) is 13.2 Å². The van der Waals surface area contributed by atoms with Crippen molar-refractivity contribution in [1.29, 1.82) is 0 Å². The van der Waals surface area contributed by atoms with Crippen LogP contribution in [0.25, 0.3) is 0 Å². The molecule has 1 aromatic heterocycles. The van der Waals surface area contributed by atoms with Crippen LogP contribution in [0.4, 0.5) is 22.0 Å². The fourth-order valence-electron chi connectivity index (χ4n) is 1.93. The zero-order valence-electron chi connectivity index (χ0n) is 11.0. The third-order valence-corrected chi connectivity index (χ3v) is 3.00. The predicted molar refractivity (Wildman–Crippen MR) is 65.2 cm³/mol. The molecule has 21 heavy (non-hydrogen) atoms. The Morgan fingerprint density at radius 3 is 2.33 bits per heavy atom. The number of benzene rings is 1. The number of rotatable bonds is 4. The number of nitrogens with one attached hydrogen (secondary N) is 1. The molecule has 0 unspecified atom stereocenters. The minimum Gasteiger partial charge on any atom is -0.337 e. The third-order valence-electron chi connectivity index (χ3n) is 3.00. The van der Waals surface area contributed by atoms with Gasteiger partial charge in [-0.25, -0.2) is 13.8 Å². The standard InChI is InChI=1S/C13H12F5N3/c1-21-6-5-19-10(21)7-20-12(13(16,17)18)11-8(14)3-2-4-9(11)15/h2-6,12,20H,7H2,1H3/t12-/m0/s1. The van der Waals surface area contributed by atoms with Crippen molar-refractivity contribution in [2.45, 2.75) is 18.8 Å². The van der Waals surface area contributed by atoms with Gasteiger partial charge in [0, 0.05) is 25.0 Å². The number of nitrogens with zero attached hydrogens (tertiary/aromatic N) is 2. The summed E-state index contributed by atoms with van der Waals surface area (Å²) in [4.78, 5) is 3.85. The van der Waals surface area contributed by atoms with Gasteiger partial charge in [-0.3, -0.25) is 5.32 Å². The van der Waals surface area contributed by atoms with Gasteiger partial charge in [-0.2, -0.15) is 13.2 Å². The van der Waals surface area contributed by atoms with Gasteiger partial charge >= 0.3 is 6.18 Å². The number of imidazole rings is 1. The molecule has 2 rings (SSSR count). The van der Waals surface area contributed by atoms with E-state index in [2.05, 4.69) is 10.3 Å². The lowest BCUT2D eigenvalue weighted by Crippen LogP contribution is -2.35. The Labute approximate surface area is 117 Å².